The van der Waals surface area contributed by atoms with Gasteiger partial charge in [0.2, 0.25) is 0 Å². The molecule has 2 saturated heterocycles. The van der Waals surface area contributed by atoms with Crippen molar-refractivity contribution in [3.8, 4) is 11.5 Å². The van der Waals surface area contributed by atoms with E-state index in [0.29, 0.717) is 12.6 Å². The van der Waals surface area contributed by atoms with E-state index in [-0.39, 0.29) is 0 Å². The van der Waals surface area contributed by atoms with E-state index in [9.17, 15) is 0 Å². The minimum Gasteiger partial charge on any atom is -0.493 e. The standard InChI is InChI=1S/C24H40N4O3/c1-4-31-23-16-19(7-8-22(23)29-3)6-5-12-26-24(25-2)27-21-9-13-28(14-10-21)17-20-11-15-30-18-20/h7-8,16,20-21H,4-6,9-15,17-18H2,1-3H3,(H2,25,26,27). The fraction of sp³-hybridized carbons (Fsp3) is 0.708. The second-order valence-electron chi connectivity index (χ2n) is 8.47. The molecular weight excluding hydrogens is 392 g/mol. The highest BCUT2D eigenvalue weighted by Crippen LogP contribution is 2.28. The van der Waals surface area contributed by atoms with Gasteiger partial charge in [-0.15, -0.1) is 0 Å². The first-order valence-electron chi connectivity index (χ1n) is 11.8. The van der Waals surface area contributed by atoms with E-state index in [1.165, 1.54) is 31.4 Å². The van der Waals surface area contributed by atoms with Crippen LogP contribution in [0.3, 0.4) is 0 Å². The lowest BCUT2D eigenvalue weighted by Gasteiger charge is -2.34. The second kappa shape index (κ2) is 12.8. The number of aliphatic imine (C=N–C) groups is 1. The molecule has 0 saturated carbocycles. The van der Waals surface area contributed by atoms with Crippen molar-refractivity contribution in [1.29, 1.82) is 0 Å². The highest BCUT2D eigenvalue weighted by Gasteiger charge is 2.24. The lowest BCUT2D eigenvalue weighted by molar-refractivity contribution is 0.150. The molecule has 1 aromatic rings. The summed E-state index contributed by atoms with van der Waals surface area (Å²) in [7, 11) is 3.52. The van der Waals surface area contributed by atoms with Gasteiger partial charge < -0.3 is 29.7 Å². The maximum Gasteiger partial charge on any atom is 0.191 e. The molecule has 0 bridgehead atoms. The Morgan fingerprint density at radius 3 is 2.74 bits per heavy atom. The van der Waals surface area contributed by atoms with E-state index in [4.69, 9.17) is 14.2 Å². The van der Waals surface area contributed by atoms with Crippen LogP contribution < -0.4 is 20.1 Å². The predicted octanol–water partition coefficient (Wildman–Crippen LogP) is 2.69. The molecule has 174 valence electrons. The van der Waals surface area contributed by atoms with Crippen LogP contribution in [-0.2, 0) is 11.2 Å². The molecule has 1 atom stereocenters. The van der Waals surface area contributed by atoms with E-state index in [2.05, 4.69) is 32.7 Å². The van der Waals surface area contributed by atoms with Gasteiger partial charge >= 0.3 is 0 Å². The first-order valence-corrected chi connectivity index (χ1v) is 11.8. The van der Waals surface area contributed by atoms with Gasteiger partial charge in [-0.1, -0.05) is 6.07 Å². The Balaban J connectivity index is 1.34. The fourth-order valence-electron chi connectivity index (χ4n) is 4.38. The average molecular weight is 433 g/mol. The fourth-order valence-corrected chi connectivity index (χ4v) is 4.38. The number of piperidine rings is 1. The van der Waals surface area contributed by atoms with E-state index < -0.39 is 0 Å². The van der Waals surface area contributed by atoms with Gasteiger partial charge in [0.1, 0.15) is 0 Å². The number of nitrogens with one attached hydrogen (secondary N) is 2. The Bertz CT molecular complexity index is 683. The summed E-state index contributed by atoms with van der Waals surface area (Å²) in [5, 5.41) is 7.08. The van der Waals surface area contributed by atoms with Gasteiger partial charge in [-0.3, -0.25) is 4.99 Å². The summed E-state index contributed by atoms with van der Waals surface area (Å²) in [5.41, 5.74) is 1.26. The normalized spacial score (nSPS) is 20.6. The summed E-state index contributed by atoms with van der Waals surface area (Å²) in [6.45, 7) is 8.90. The van der Waals surface area contributed by atoms with Crippen LogP contribution >= 0.6 is 0 Å². The Kier molecular flexibility index (Phi) is 9.75. The summed E-state index contributed by atoms with van der Waals surface area (Å²) in [6.07, 6.45) is 5.57. The van der Waals surface area contributed by atoms with Crippen molar-refractivity contribution in [3.63, 3.8) is 0 Å². The van der Waals surface area contributed by atoms with Crippen LogP contribution in [0.5, 0.6) is 11.5 Å². The molecule has 31 heavy (non-hydrogen) atoms. The number of hydrogen-bond donors (Lipinski definition) is 2. The first kappa shape index (κ1) is 23.7. The van der Waals surface area contributed by atoms with Gasteiger partial charge in [-0.25, -0.2) is 0 Å². The summed E-state index contributed by atoms with van der Waals surface area (Å²) in [5.74, 6) is 3.25. The number of aryl methyl sites for hydroxylation is 1. The van der Waals surface area contributed by atoms with Gasteiger partial charge in [0.05, 0.1) is 20.3 Å². The maximum atomic E-state index is 5.68. The lowest BCUT2D eigenvalue weighted by atomic mass is 10.0. The molecule has 2 heterocycles. The van der Waals surface area contributed by atoms with E-state index in [1.807, 2.05) is 20.0 Å². The summed E-state index contributed by atoms with van der Waals surface area (Å²) in [6, 6.07) is 6.68. The number of hydrogen-bond acceptors (Lipinski definition) is 5. The highest BCUT2D eigenvalue weighted by molar-refractivity contribution is 5.79. The minimum atomic E-state index is 0.498. The van der Waals surface area contributed by atoms with E-state index >= 15 is 0 Å². The van der Waals surface area contributed by atoms with Crippen molar-refractivity contribution in [2.24, 2.45) is 10.9 Å². The van der Waals surface area contributed by atoms with Gasteiger partial charge in [-0.2, -0.15) is 0 Å². The van der Waals surface area contributed by atoms with Crippen molar-refractivity contribution < 1.29 is 14.2 Å². The topological polar surface area (TPSA) is 67.4 Å². The van der Waals surface area contributed by atoms with Gasteiger partial charge in [0.25, 0.3) is 0 Å². The van der Waals surface area contributed by atoms with E-state index in [1.54, 1.807) is 7.11 Å². The predicted molar refractivity (Wildman–Crippen MR) is 125 cm³/mol. The summed E-state index contributed by atoms with van der Waals surface area (Å²) >= 11 is 0. The third-order valence-corrected chi connectivity index (χ3v) is 6.15. The van der Waals surface area contributed by atoms with Crippen molar-refractivity contribution in [2.75, 3.05) is 60.2 Å². The smallest absolute Gasteiger partial charge is 0.191 e. The van der Waals surface area contributed by atoms with Crippen LogP contribution in [0.1, 0.15) is 38.2 Å². The summed E-state index contributed by atoms with van der Waals surface area (Å²) in [4.78, 5) is 7.01. The van der Waals surface area contributed by atoms with Gasteiger partial charge in [0, 0.05) is 45.9 Å². The Morgan fingerprint density at radius 1 is 1.23 bits per heavy atom. The van der Waals surface area contributed by atoms with Gasteiger partial charge in [0.15, 0.2) is 17.5 Å². The summed E-state index contributed by atoms with van der Waals surface area (Å²) < 4.78 is 16.6. The SMILES string of the molecule is CCOc1cc(CCCNC(=NC)NC2CCN(CC3CCOC3)CC2)ccc1OC. The molecule has 7 heteroatoms. The third kappa shape index (κ3) is 7.58. The van der Waals surface area contributed by atoms with Crippen LogP contribution in [0, 0.1) is 5.92 Å². The number of ether oxygens (including phenoxy) is 3. The Hall–Kier alpha value is -1.99. The number of guanidine groups is 1. The zero-order valence-corrected chi connectivity index (χ0v) is 19.5. The number of methoxy groups -OCH3 is 1. The number of likely N-dealkylation sites (tertiary alicyclic amines) is 1. The van der Waals surface area contributed by atoms with Crippen LogP contribution in [0.4, 0.5) is 0 Å². The number of benzene rings is 1. The average Bonchev–Trinajstić information content (AvgIpc) is 3.30. The van der Waals surface area contributed by atoms with Gasteiger partial charge in [-0.05, 0) is 62.6 Å². The zero-order valence-electron chi connectivity index (χ0n) is 19.5. The molecule has 0 amide bonds. The third-order valence-electron chi connectivity index (χ3n) is 6.15. The Labute approximate surface area is 187 Å². The molecule has 3 rings (SSSR count). The van der Waals surface area contributed by atoms with Crippen LogP contribution in [0.2, 0.25) is 0 Å². The molecule has 2 N–H and O–H groups in total. The molecule has 2 aliphatic rings. The molecule has 0 aliphatic carbocycles. The molecule has 0 radical (unpaired) electrons. The van der Waals surface area contributed by atoms with Crippen molar-refractivity contribution in [2.45, 2.75) is 45.1 Å². The molecule has 0 aromatic heterocycles. The zero-order chi connectivity index (χ0) is 21.9. The monoisotopic (exact) mass is 432 g/mol. The van der Waals surface area contributed by atoms with Crippen LogP contribution in [0.15, 0.2) is 23.2 Å². The molecule has 1 aromatic carbocycles. The van der Waals surface area contributed by atoms with E-state index in [0.717, 1.165) is 69.1 Å². The molecular formula is C24H40N4O3. The van der Waals surface area contributed by atoms with Crippen molar-refractivity contribution in [1.82, 2.24) is 15.5 Å². The molecule has 0 spiro atoms. The highest BCUT2D eigenvalue weighted by atomic mass is 16.5. The second-order valence-corrected chi connectivity index (χ2v) is 8.47. The molecule has 2 fully saturated rings. The number of nitrogens with zero attached hydrogens (tertiary/aromatic N) is 2. The maximum absolute atomic E-state index is 5.68. The largest absolute Gasteiger partial charge is 0.493 e. The Morgan fingerprint density at radius 2 is 2.06 bits per heavy atom. The number of rotatable bonds is 10. The quantitative estimate of drug-likeness (QED) is 0.337. The molecule has 2 aliphatic heterocycles. The minimum absolute atomic E-state index is 0.498. The molecule has 7 nitrogen and oxygen atoms in total. The molecule has 1 unspecified atom stereocenters. The lowest BCUT2D eigenvalue weighted by Crippen LogP contribution is -2.49. The van der Waals surface area contributed by atoms with Crippen molar-refractivity contribution >= 4 is 5.96 Å². The van der Waals surface area contributed by atoms with Crippen LogP contribution in [0.25, 0.3) is 0 Å². The first-order chi connectivity index (χ1) is 15.2. The van der Waals surface area contributed by atoms with Crippen LogP contribution in [-0.4, -0.2) is 77.1 Å². The van der Waals surface area contributed by atoms with Crippen molar-refractivity contribution in [3.05, 3.63) is 23.8 Å².